The van der Waals surface area contributed by atoms with Crippen molar-refractivity contribution >= 4 is 22.4 Å². The van der Waals surface area contributed by atoms with Crippen LogP contribution in [0.3, 0.4) is 0 Å². The Labute approximate surface area is 113 Å². The van der Waals surface area contributed by atoms with Crippen molar-refractivity contribution in [2.24, 2.45) is 0 Å². The quantitative estimate of drug-likeness (QED) is 0.860. The minimum atomic E-state index is -1.12. The Morgan fingerprint density at radius 2 is 1.89 bits per heavy atom. The summed E-state index contributed by atoms with van der Waals surface area (Å²) in [6.45, 7) is 0. The summed E-state index contributed by atoms with van der Waals surface area (Å²) in [6, 6.07) is 16.2. The lowest BCUT2D eigenvalue weighted by Gasteiger charge is -2.03. The van der Waals surface area contributed by atoms with Crippen molar-refractivity contribution in [3.05, 3.63) is 64.7 Å². The van der Waals surface area contributed by atoms with Crippen LogP contribution in [0.5, 0.6) is 0 Å². The molecule has 18 heavy (non-hydrogen) atoms. The van der Waals surface area contributed by atoms with E-state index in [-0.39, 0.29) is 0 Å². The minimum absolute atomic E-state index is 0.400. The molecule has 0 aliphatic rings. The number of hydrogen-bond acceptors (Lipinski definition) is 2. The minimum Gasteiger partial charge on any atom is -0.254 e. The van der Waals surface area contributed by atoms with Crippen molar-refractivity contribution in [1.82, 2.24) is 0 Å². The van der Waals surface area contributed by atoms with Crippen LogP contribution in [0.15, 0.2) is 53.4 Å². The molecular weight excluding hydrogens is 266 g/mol. The van der Waals surface area contributed by atoms with Crippen LogP contribution in [0.4, 0.5) is 0 Å². The Bertz CT molecular complexity index is 616. The summed E-state index contributed by atoms with van der Waals surface area (Å²) in [5, 5.41) is 9.43. The molecule has 1 atom stereocenters. The highest BCUT2D eigenvalue weighted by Crippen LogP contribution is 2.16. The van der Waals surface area contributed by atoms with E-state index in [9.17, 15) is 4.21 Å². The van der Waals surface area contributed by atoms with Gasteiger partial charge in [-0.25, -0.2) is 0 Å². The average Bonchev–Trinajstić information content (AvgIpc) is 2.39. The molecule has 0 bridgehead atoms. The van der Waals surface area contributed by atoms with E-state index >= 15 is 0 Å². The Kier molecular flexibility index (Phi) is 4.14. The van der Waals surface area contributed by atoms with Gasteiger partial charge in [0.2, 0.25) is 0 Å². The second-order valence-corrected chi connectivity index (χ2v) is 5.64. The van der Waals surface area contributed by atoms with Crippen molar-refractivity contribution in [3.8, 4) is 6.07 Å². The summed E-state index contributed by atoms with van der Waals surface area (Å²) in [5.74, 6) is 0.400. The molecule has 2 aromatic rings. The van der Waals surface area contributed by atoms with Gasteiger partial charge in [0.1, 0.15) is 0 Å². The lowest BCUT2D eigenvalue weighted by Crippen LogP contribution is -1.96. The highest BCUT2D eigenvalue weighted by Gasteiger charge is 2.05. The first-order valence-corrected chi connectivity index (χ1v) is 7.02. The van der Waals surface area contributed by atoms with Gasteiger partial charge in [-0.15, -0.1) is 0 Å². The number of halogens is 1. The normalized spacial score (nSPS) is 11.8. The maximum Gasteiger partial charge on any atom is 0.0991 e. The predicted molar refractivity (Wildman–Crippen MR) is 72.7 cm³/mol. The Morgan fingerprint density at radius 3 is 2.56 bits per heavy atom. The smallest absolute Gasteiger partial charge is 0.0991 e. The molecule has 0 radical (unpaired) electrons. The van der Waals surface area contributed by atoms with Gasteiger partial charge in [-0.2, -0.15) is 5.26 Å². The molecule has 0 saturated carbocycles. The topological polar surface area (TPSA) is 40.9 Å². The molecule has 2 rings (SSSR count). The van der Waals surface area contributed by atoms with Gasteiger partial charge < -0.3 is 0 Å². The number of hydrogen-bond donors (Lipinski definition) is 0. The summed E-state index contributed by atoms with van der Waals surface area (Å²) in [4.78, 5) is 0.738. The van der Waals surface area contributed by atoms with Crippen LogP contribution in [0.1, 0.15) is 11.1 Å². The summed E-state index contributed by atoms with van der Waals surface area (Å²) in [5.41, 5.74) is 1.47. The standard InChI is InChI=1S/C14H10ClNOS/c15-13-4-6-14(7-5-13)18(17)10-12-3-1-2-11(8-12)9-16/h1-8H,10H2. The van der Waals surface area contributed by atoms with Crippen LogP contribution in [0.2, 0.25) is 5.02 Å². The van der Waals surface area contributed by atoms with E-state index in [0.29, 0.717) is 16.3 Å². The summed E-state index contributed by atoms with van der Waals surface area (Å²) >= 11 is 5.78. The molecule has 90 valence electrons. The largest absolute Gasteiger partial charge is 0.254 e. The van der Waals surface area contributed by atoms with Gasteiger partial charge in [0, 0.05) is 9.92 Å². The zero-order chi connectivity index (χ0) is 13.0. The summed E-state index contributed by atoms with van der Waals surface area (Å²) in [6.07, 6.45) is 0. The van der Waals surface area contributed by atoms with Gasteiger partial charge in [0.05, 0.1) is 28.2 Å². The molecule has 0 fully saturated rings. The van der Waals surface area contributed by atoms with Crippen LogP contribution in [-0.4, -0.2) is 4.21 Å². The van der Waals surface area contributed by atoms with Crippen LogP contribution in [0.25, 0.3) is 0 Å². The predicted octanol–water partition coefficient (Wildman–Crippen LogP) is 3.52. The Hall–Kier alpha value is -1.63. The molecule has 0 spiro atoms. The molecule has 2 nitrogen and oxygen atoms in total. The summed E-state index contributed by atoms with van der Waals surface area (Å²) in [7, 11) is -1.12. The van der Waals surface area contributed by atoms with Crippen molar-refractivity contribution in [1.29, 1.82) is 5.26 Å². The fraction of sp³-hybridized carbons (Fsp3) is 0.0714. The van der Waals surface area contributed by atoms with Gasteiger partial charge in [-0.1, -0.05) is 23.7 Å². The highest BCUT2D eigenvalue weighted by molar-refractivity contribution is 7.84. The summed E-state index contributed by atoms with van der Waals surface area (Å²) < 4.78 is 12.1. The van der Waals surface area contributed by atoms with E-state index in [4.69, 9.17) is 16.9 Å². The van der Waals surface area contributed by atoms with E-state index < -0.39 is 10.8 Å². The fourth-order valence-corrected chi connectivity index (χ4v) is 2.77. The van der Waals surface area contributed by atoms with Crippen LogP contribution < -0.4 is 0 Å². The van der Waals surface area contributed by atoms with Crippen LogP contribution >= 0.6 is 11.6 Å². The van der Waals surface area contributed by atoms with Gasteiger partial charge in [0.15, 0.2) is 0 Å². The zero-order valence-electron chi connectivity index (χ0n) is 9.47. The lowest BCUT2D eigenvalue weighted by atomic mass is 10.2. The van der Waals surface area contributed by atoms with Gasteiger partial charge >= 0.3 is 0 Å². The first kappa shape index (κ1) is 12.8. The van der Waals surface area contributed by atoms with Crippen molar-refractivity contribution in [3.63, 3.8) is 0 Å². The maximum atomic E-state index is 12.1. The molecule has 0 saturated heterocycles. The molecule has 4 heteroatoms. The first-order chi connectivity index (χ1) is 8.69. The van der Waals surface area contributed by atoms with Gasteiger partial charge in [-0.05, 0) is 42.0 Å². The van der Waals surface area contributed by atoms with E-state index in [1.165, 1.54) is 0 Å². The molecule has 2 aromatic carbocycles. The molecule has 0 aliphatic carbocycles. The number of benzene rings is 2. The average molecular weight is 276 g/mol. The van der Waals surface area contributed by atoms with E-state index in [2.05, 4.69) is 6.07 Å². The highest BCUT2D eigenvalue weighted by atomic mass is 35.5. The SMILES string of the molecule is N#Cc1cccc(CS(=O)c2ccc(Cl)cc2)c1. The maximum absolute atomic E-state index is 12.1. The lowest BCUT2D eigenvalue weighted by molar-refractivity contribution is 0.682. The van der Waals surface area contributed by atoms with Crippen LogP contribution in [-0.2, 0) is 16.6 Å². The van der Waals surface area contributed by atoms with Gasteiger partial charge in [0.25, 0.3) is 0 Å². The third-order valence-corrected chi connectivity index (χ3v) is 4.08. The van der Waals surface area contributed by atoms with Crippen molar-refractivity contribution in [2.45, 2.75) is 10.6 Å². The molecule has 0 amide bonds. The Morgan fingerprint density at radius 1 is 1.17 bits per heavy atom. The number of nitrogens with zero attached hydrogens (tertiary/aromatic N) is 1. The Balaban J connectivity index is 2.16. The van der Waals surface area contributed by atoms with E-state index in [1.54, 1.807) is 42.5 Å². The molecule has 0 aliphatic heterocycles. The zero-order valence-corrected chi connectivity index (χ0v) is 11.0. The fourth-order valence-electron chi connectivity index (χ4n) is 1.55. The molecular formula is C14H10ClNOS. The first-order valence-electron chi connectivity index (χ1n) is 5.32. The second kappa shape index (κ2) is 5.81. The molecule has 0 heterocycles. The van der Waals surface area contributed by atoms with Gasteiger partial charge in [-0.3, -0.25) is 4.21 Å². The van der Waals surface area contributed by atoms with Crippen molar-refractivity contribution in [2.75, 3.05) is 0 Å². The molecule has 0 aromatic heterocycles. The van der Waals surface area contributed by atoms with Crippen molar-refractivity contribution < 1.29 is 4.21 Å². The monoisotopic (exact) mass is 275 g/mol. The molecule has 1 unspecified atom stereocenters. The number of nitriles is 1. The number of rotatable bonds is 3. The molecule has 0 N–H and O–H groups in total. The van der Waals surface area contributed by atoms with Crippen LogP contribution in [0, 0.1) is 11.3 Å². The second-order valence-electron chi connectivity index (χ2n) is 3.76. The van der Waals surface area contributed by atoms with E-state index in [1.807, 2.05) is 6.07 Å². The van der Waals surface area contributed by atoms with E-state index in [0.717, 1.165) is 10.5 Å². The third-order valence-electron chi connectivity index (χ3n) is 2.43. The third kappa shape index (κ3) is 3.19.